The van der Waals surface area contributed by atoms with Gasteiger partial charge in [0, 0.05) is 12.0 Å². The fraction of sp³-hybridized carbons (Fsp3) is 0.600. The van der Waals surface area contributed by atoms with Crippen LogP contribution in [-0.2, 0) is 19.3 Å². The summed E-state index contributed by atoms with van der Waals surface area (Å²) in [7, 11) is 0. The van der Waals surface area contributed by atoms with Gasteiger partial charge in [-0.25, -0.2) is 4.98 Å². The Hall–Kier alpha value is -1.16. The Kier molecular flexibility index (Phi) is 2.63. The van der Waals surface area contributed by atoms with Crippen LogP contribution in [0.1, 0.15) is 29.9 Å². The van der Waals surface area contributed by atoms with Gasteiger partial charge in [0.1, 0.15) is 5.82 Å². The molecule has 4 heteroatoms. The molecule has 0 spiro atoms. The van der Waals surface area contributed by atoms with Crippen LogP contribution in [0.2, 0.25) is 0 Å². The molecule has 2 rings (SSSR count). The van der Waals surface area contributed by atoms with Gasteiger partial charge in [0.05, 0.1) is 12.3 Å². The predicted molar refractivity (Wildman–Crippen MR) is 52.3 cm³/mol. The topological polar surface area (TPSA) is 66.0 Å². The highest BCUT2D eigenvalue weighted by Gasteiger charge is 2.14. The van der Waals surface area contributed by atoms with Crippen molar-refractivity contribution in [2.45, 2.75) is 32.1 Å². The lowest BCUT2D eigenvalue weighted by Crippen LogP contribution is -2.23. The summed E-state index contributed by atoms with van der Waals surface area (Å²) >= 11 is 0. The first-order valence-corrected chi connectivity index (χ1v) is 5.03. The molecule has 0 atom stereocenters. The highest BCUT2D eigenvalue weighted by molar-refractivity contribution is 5.20. The van der Waals surface area contributed by atoms with Crippen LogP contribution in [0.15, 0.2) is 4.79 Å². The van der Waals surface area contributed by atoms with Gasteiger partial charge in [-0.2, -0.15) is 0 Å². The molecule has 2 N–H and O–H groups in total. The van der Waals surface area contributed by atoms with E-state index in [1.54, 1.807) is 0 Å². The molecule has 1 aliphatic rings. The summed E-state index contributed by atoms with van der Waals surface area (Å²) in [5.74, 6) is 0.609. The van der Waals surface area contributed by atoms with E-state index < -0.39 is 0 Å². The molecule has 0 aromatic carbocycles. The van der Waals surface area contributed by atoms with E-state index in [0.29, 0.717) is 12.2 Å². The standard InChI is InChI=1S/C10H14N2O2/c13-6-5-9-11-8-4-2-1-3-7(8)10(14)12-9/h13H,1-6H2,(H,11,12,14). The first-order valence-electron chi connectivity index (χ1n) is 5.03. The van der Waals surface area contributed by atoms with Crippen molar-refractivity contribution in [1.29, 1.82) is 0 Å². The van der Waals surface area contributed by atoms with Crippen LogP contribution in [0.25, 0.3) is 0 Å². The number of nitrogens with one attached hydrogen (secondary N) is 1. The minimum atomic E-state index is -0.0156. The minimum Gasteiger partial charge on any atom is -0.396 e. The average Bonchev–Trinajstić information content (AvgIpc) is 2.18. The minimum absolute atomic E-state index is 0.0156. The Labute approximate surface area is 82.0 Å². The third kappa shape index (κ3) is 1.70. The molecule has 0 bridgehead atoms. The van der Waals surface area contributed by atoms with E-state index in [-0.39, 0.29) is 12.2 Å². The summed E-state index contributed by atoms with van der Waals surface area (Å²) in [6, 6.07) is 0. The number of nitrogens with zero attached hydrogens (tertiary/aromatic N) is 1. The van der Waals surface area contributed by atoms with Gasteiger partial charge in [-0.3, -0.25) is 4.79 Å². The van der Waals surface area contributed by atoms with Crippen LogP contribution in [-0.4, -0.2) is 21.7 Å². The molecular formula is C10H14N2O2. The molecule has 0 unspecified atom stereocenters. The number of H-pyrrole nitrogens is 1. The maximum atomic E-state index is 11.6. The van der Waals surface area contributed by atoms with E-state index in [0.717, 1.165) is 36.9 Å². The van der Waals surface area contributed by atoms with Crippen LogP contribution < -0.4 is 5.56 Å². The molecule has 0 saturated carbocycles. The zero-order valence-corrected chi connectivity index (χ0v) is 8.05. The van der Waals surface area contributed by atoms with Crippen LogP contribution in [0.3, 0.4) is 0 Å². The maximum Gasteiger partial charge on any atom is 0.254 e. The zero-order valence-electron chi connectivity index (χ0n) is 8.05. The first kappa shape index (κ1) is 9.40. The maximum absolute atomic E-state index is 11.6. The normalized spacial score (nSPS) is 15.2. The predicted octanol–water partition coefficient (Wildman–Crippen LogP) is 0.183. The second-order valence-corrected chi connectivity index (χ2v) is 3.62. The number of hydrogen-bond acceptors (Lipinski definition) is 3. The summed E-state index contributed by atoms with van der Waals surface area (Å²) in [6.45, 7) is 0.0295. The average molecular weight is 194 g/mol. The first-order chi connectivity index (χ1) is 6.81. The van der Waals surface area contributed by atoms with Crippen LogP contribution in [0, 0.1) is 0 Å². The summed E-state index contributed by atoms with van der Waals surface area (Å²) in [4.78, 5) is 18.6. The Bertz CT molecular complexity index is 384. The van der Waals surface area contributed by atoms with E-state index in [2.05, 4.69) is 9.97 Å². The van der Waals surface area contributed by atoms with Crippen molar-refractivity contribution in [2.24, 2.45) is 0 Å². The fourth-order valence-electron chi connectivity index (χ4n) is 1.88. The van der Waals surface area contributed by atoms with Crippen LogP contribution in [0.5, 0.6) is 0 Å². The van der Waals surface area contributed by atoms with Crippen molar-refractivity contribution in [3.63, 3.8) is 0 Å². The summed E-state index contributed by atoms with van der Waals surface area (Å²) in [6.07, 6.45) is 4.37. The molecule has 0 fully saturated rings. The number of aliphatic hydroxyl groups is 1. The number of aromatic amines is 1. The highest BCUT2D eigenvalue weighted by atomic mass is 16.3. The number of fused-ring (bicyclic) bond motifs is 1. The van der Waals surface area contributed by atoms with Crippen LogP contribution in [0.4, 0.5) is 0 Å². The van der Waals surface area contributed by atoms with Gasteiger partial charge in [-0.05, 0) is 25.7 Å². The fourth-order valence-corrected chi connectivity index (χ4v) is 1.88. The second-order valence-electron chi connectivity index (χ2n) is 3.62. The summed E-state index contributed by atoms with van der Waals surface area (Å²) in [5.41, 5.74) is 1.76. The van der Waals surface area contributed by atoms with E-state index in [1.807, 2.05) is 0 Å². The van der Waals surface area contributed by atoms with Gasteiger partial charge in [-0.1, -0.05) is 0 Å². The smallest absolute Gasteiger partial charge is 0.254 e. The molecule has 0 aliphatic heterocycles. The van der Waals surface area contributed by atoms with Gasteiger partial charge in [0.25, 0.3) is 5.56 Å². The number of rotatable bonds is 2. The van der Waals surface area contributed by atoms with Crippen molar-refractivity contribution in [2.75, 3.05) is 6.61 Å². The second kappa shape index (κ2) is 3.92. The van der Waals surface area contributed by atoms with Crippen molar-refractivity contribution < 1.29 is 5.11 Å². The molecule has 1 aliphatic carbocycles. The number of aromatic nitrogens is 2. The van der Waals surface area contributed by atoms with Crippen molar-refractivity contribution in [1.82, 2.24) is 9.97 Å². The molecule has 0 amide bonds. The molecule has 0 saturated heterocycles. The summed E-state index contributed by atoms with van der Waals surface area (Å²) < 4.78 is 0. The Morgan fingerprint density at radius 1 is 1.36 bits per heavy atom. The molecular weight excluding hydrogens is 180 g/mol. The third-order valence-electron chi connectivity index (χ3n) is 2.59. The molecule has 1 aromatic rings. The van der Waals surface area contributed by atoms with Gasteiger partial charge >= 0.3 is 0 Å². The van der Waals surface area contributed by atoms with Crippen molar-refractivity contribution in [3.8, 4) is 0 Å². The van der Waals surface area contributed by atoms with E-state index >= 15 is 0 Å². The Morgan fingerprint density at radius 2 is 2.14 bits per heavy atom. The van der Waals surface area contributed by atoms with E-state index in [4.69, 9.17) is 5.11 Å². The van der Waals surface area contributed by atoms with E-state index in [9.17, 15) is 4.79 Å². The largest absolute Gasteiger partial charge is 0.396 e. The van der Waals surface area contributed by atoms with Gasteiger partial charge in [0.2, 0.25) is 0 Å². The van der Waals surface area contributed by atoms with Crippen molar-refractivity contribution >= 4 is 0 Å². The molecule has 0 radical (unpaired) electrons. The van der Waals surface area contributed by atoms with Crippen molar-refractivity contribution in [3.05, 3.63) is 27.4 Å². The lowest BCUT2D eigenvalue weighted by atomic mass is 9.97. The molecule has 4 nitrogen and oxygen atoms in total. The number of aryl methyl sites for hydroxylation is 1. The van der Waals surface area contributed by atoms with Crippen LogP contribution >= 0.6 is 0 Å². The Balaban J connectivity index is 2.41. The highest BCUT2D eigenvalue weighted by Crippen LogP contribution is 2.15. The molecule has 1 heterocycles. The lowest BCUT2D eigenvalue weighted by molar-refractivity contribution is 0.296. The quantitative estimate of drug-likeness (QED) is 0.706. The lowest BCUT2D eigenvalue weighted by Gasteiger charge is -2.14. The molecule has 1 aromatic heterocycles. The van der Waals surface area contributed by atoms with Gasteiger partial charge < -0.3 is 10.1 Å². The molecule has 14 heavy (non-hydrogen) atoms. The number of hydrogen-bond donors (Lipinski definition) is 2. The number of aliphatic hydroxyl groups excluding tert-OH is 1. The van der Waals surface area contributed by atoms with Gasteiger partial charge in [-0.15, -0.1) is 0 Å². The SMILES string of the molecule is O=c1[nH]c(CCO)nc2c1CCCC2. The van der Waals surface area contributed by atoms with Gasteiger partial charge in [0.15, 0.2) is 0 Å². The van der Waals surface area contributed by atoms with E-state index in [1.165, 1.54) is 0 Å². The third-order valence-corrected chi connectivity index (χ3v) is 2.59. The Morgan fingerprint density at radius 3 is 2.93 bits per heavy atom. The molecule has 76 valence electrons. The summed E-state index contributed by atoms with van der Waals surface area (Å²) in [5, 5.41) is 8.75. The monoisotopic (exact) mass is 194 g/mol. The zero-order chi connectivity index (χ0) is 9.97.